The Bertz CT molecular complexity index is 225. The maximum atomic E-state index is 10.1. The second-order valence-corrected chi connectivity index (χ2v) is 1.34. The molecule has 7 heteroatoms. The third kappa shape index (κ3) is 3.06. The predicted molar refractivity (Wildman–Crippen MR) is 35.1 cm³/mol. The molecule has 0 saturated carbocycles. The van der Waals surface area contributed by atoms with Crippen LogP contribution in [0.25, 0.3) is 0 Å². The third-order valence-electron chi connectivity index (χ3n) is 0.662. The Labute approximate surface area is 62.2 Å². The standard InChI is InChI=1S/C4H4N4O2.H3N/c5-3(9)10-4-7-1-6-2-8-4;/h1-2H,(H2,5,9);1H3. The molecule has 0 atom stereocenters. The first-order valence-electron chi connectivity index (χ1n) is 2.38. The molecule has 60 valence electrons. The Morgan fingerprint density at radius 3 is 2.45 bits per heavy atom. The van der Waals surface area contributed by atoms with E-state index in [0.29, 0.717) is 0 Å². The molecule has 0 saturated heterocycles. The van der Waals surface area contributed by atoms with Gasteiger partial charge in [-0.3, -0.25) is 0 Å². The van der Waals surface area contributed by atoms with Crippen molar-refractivity contribution in [1.82, 2.24) is 21.1 Å². The number of ether oxygens (including phenoxy) is 1. The Hall–Kier alpha value is -1.76. The summed E-state index contributed by atoms with van der Waals surface area (Å²) in [5, 5.41) is 0. The van der Waals surface area contributed by atoms with Gasteiger partial charge in [0.1, 0.15) is 12.7 Å². The van der Waals surface area contributed by atoms with Crippen LogP contribution in [0.1, 0.15) is 0 Å². The number of aromatic nitrogens is 3. The summed E-state index contributed by atoms with van der Waals surface area (Å²) < 4.78 is 4.29. The lowest BCUT2D eigenvalue weighted by molar-refractivity contribution is 0.206. The van der Waals surface area contributed by atoms with E-state index in [-0.39, 0.29) is 12.2 Å². The van der Waals surface area contributed by atoms with Gasteiger partial charge in [0.2, 0.25) is 0 Å². The van der Waals surface area contributed by atoms with Gasteiger partial charge in [-0.1, -0.05) is 0 Å². The van der Waals surface area contributed by atoms with Crippen molar-refractivity contribution in [3.8, 4) is 6.01 Å². The molecular weight excluding hydrogens is 150 g/mol. The van der Waals surface area contributed by atoms with E-state index in [1.807, 2.05) is 0 Å². The smallest absolute Gasteiger partial charge is 0.374 e. The van der Waals surface area contributed by atoms with E-state index in [1.54, 1.807) is 0 Å². The fraction of sp³-hybridized carbons (Fsp3) is 0. The summed E-state index contributed by atoms with van der Waals surface area (Å²) >= 11 is 0. The van der Waals surface area contributed by atoms with Gasteiger partial charge in [0.05, 0.1) is 0 Å². The first-order chi connectivity index (χ1) is 4.79. The van der Waals surface area contributed by atoms with E-state index in [4.69, 9.17) is 0 Å². The van der Waals surface area contributed by atoms with Crippen LogP contribution in [0.5, 0.6) is 6.01 Å². The number of hydrogen-bond acceptors (Lipinski definition) is 6. The summed E-state index contributed by atoms with van der Waals surface area (Å²) in [6.07, 6.45) is 1.46. The number of rotatable bonds is 1. The predicted octanol–water partition coefficient (Wildman–Crippen LogP) is -0.509. The SMILES string of the molecule is N.NC(=O)Oc1ncncn1. The van der Waals surface area contributed by atoms with E-state index in [9.17, 15) is 4.79 Å². The Morgan fingerprint density at radius 2 is 2.00 bits per heavy atom. The molecule has 0 aromatic carbocycles. The second kappa shape index (κ2) is 4.12. The van der Waals surface area contributed by atoms with Gasteiger partial charge in [0, 0.05) is 0 Å². The number of amides is 1. The molecule has 0 aliphatic rings. The van der Waals surface area contributed by atoms with Crippen LogP contribution >= 0.6 is 0 Å². The van der Waals surface area contributed by atoms with Crippen molar-refractivity contribution in [3.63, 3.8) is 0 Å². The number of carbonyl (C=O) groups excluding carboxylic acids is 1. The van der Waals surface area contributed by atoms with Gasteiger partial charge in [0.15, 0.2) is 0 Å². The zero-order valence-electron chi connectivity index (χ0n) is 5.60. The van der Waals surface area contributed by atoms with Crippen molar-refractivity contribution >= 4 is 6.09 Å². The number of primary amides is 1. The van der Waals surface area contributed by atoms with Crippen LogP contribution in [0.2, 0.25) is 0 Å². The monoisotopic (exact) mass is 157 g/mol. The van der Waals surface area contributed by atoms with Gasteiger partial charge in [0.25, 0.3) is 0 Å². The molecule has 0 spiro atoms. The van der Waals surface area contributed by atoms with Crippen LogP contribution in [0.4, 0.5) is 4.79 Å². The summed E-state index contributed by atoms with van der Waals surface area (Å²) in [5.74, 6) is 0. The van der Waals surface area contributed by atoms with Crippen molar-refractivity contribution in [2.45, 2.75) is 0 Å². The van der Waals surface area contributed by atoms with Gasteiger partial charge in [-0.05, 0) is 0 Å². The van der Waals surface area contributed by atoms with Gasteiger partial charge < -0.3 is 16.6 Å². The van der Waals surface area contributed by atoms with Crippen molar-refractivity contribution < 1.29 is 9.53 Å². The largest absolute Gasteiger partial charge is 0.412 e. The minimum absolute atomic E-state index is 0. The average Bonchev–Trinajstić information content (AvgIpc) is 1.88. The van der Waals surface area contributed by atoms with Gasteiger partial charge >= 0.3 is 12.1 Å². The van der Waals surface area contributed by atoms with Crippen molar-refractivity contribution in [3.05, 3.63) is 12.7 Å². The van der Waals surface area contributed by atoms with Crippen LogP contribution in [0.3, 0.4) is 0 Å². The first kappa shape index (κ1) is 9.24. The molecule has 1 heterocycles. The highest BCUT2D eigenvalue weighted by molar-refractivity contribution is 5.66. The number of carbonyl (C=O) groups is 1. The molecule has 11 heavy (non-hydrogen) atoms. The van der Waals surface area contributed by atoms with E-state index < -0.39 is 6.09 Å². The van der Waals surface area contributed by atoms with Crippen molar-refractivity contribution in [1.29, 1.82) is 0 Å². The van der Waals surface area contributed by atoms with Crippen LogP contribution in [-0.2, 0) is 0 Å². The molecule has 0 fully saturated rings. The normalized spacial score (nSPS) is 8.00. The molecule has 1 aromatic heterocycles. The van der Waals surface area contributed by atoms with E-state index in [2.05, 4.69) is 25.4 Å². The second-order valence-electron chi connectivity index (χ2n) is 1.34. The maximum absolute atomic E-state index is 10.1. The summed E-state index contributed by atoms with van der Waals surface area (Å²) in [4.78, 5) is 20.5. The molecule has 1 amide bonds. The van der Waals surface area contributed by atoms with Crippen LogP contribution < -0.4 is 16.6 Å². The maximum Gasteiger partial charge on any atom is 0.412 e. The highest BCUT2D eigenvalue weighted by Gasteiger charge is 1.97. The fourth-order valence-corrected chi connectivity index (χ4v) is 0.371. The van der Waals surface area contributed by atoms with Crippen LogP contribution in [-0.4, -0.2) is 21.0 Å². The Morgan fingerprint density at radius 1 is 1.45 bits per heavy atom. The quantitative estimate of drug-likeness (QED) is 0.565. The van der Waals surface area contributed by atoms with Crippen LogP contribution in [0.15, 0.2) is 12.7 Å². The lowest BCUT2D eigenvalue weighted by Gasteiger charge is -1.93. The summed E-state index contributed by atoms with van der Waals surface area (Å²) in [5.41, 5.74) is 4.66. The first-order valence-corrected chi connectivity index (χ1v) is 2.38. The average molecular weight is 157 g/mol. The number of nitrogens with two attached hydrogens (primary N) is 1. The molecular formula is C4H7N5O2. The summed E-state index contributed by atoms with van der Waals surface area (Å²) in [7, 11) is 0. The molecule has 0 bridgehead atoms. The van der Waals surface area contributed by atoms with E-state index in [0.717, 1.165) is 0 Å². The third-order valence-corrected chi connectivity index (χ3v) is 0.662. The topological polar surface area (TPSA) is 126 Å². The Balaban J connectivity index is 0.000001000. The Kier molecular flexibility index (Phi) is 3.46. The van der Waals surface area contributed by atoms with Crippen molar-refractivity contribution in [2.75, 3.05) is 0 Å². The molecule has 1 aromatic rings. The zero-order chi connectivity index (χ0) is 7.40. The lowest BCUT2D eigenvalue weighted by Crippen LogP contribution is -2.17. The van der Waals surface area contributed by atoms with E-state index >= 15 is 0 Å². The molecule has 1 rings (SSSR count). The van der Waals surface area contributed by atoms with Crippen LogP contribution in [0, 0.1) is 0 Å². The zero-order valence-corrected chi connectivity index (χ0v) is 5.60. The molecule has 7 nitrogen and oxygen atoms in total. The number of nitrogens with zero attached hydrogens (tertiary/aromatic N) is 3. The minimum atomic E-state index is -0.939. The van der Waals surface area contributed by atoms with E-state index in [1.165, 1.54) is 12.7 Å². The van der Waals surface area contributed by atoms with Gasteiger partial charge in [-0.15, -0.1) is 0 Å². The molecule has 0 unspecified atom stereocenters. The molecule has 0 aliphatic carbocycles. The lowest BCUT2D eigenvalue weighted by atomic mass is 11.0. The van der Waals surface area contributed by atoms with Crippen molar-refractivity contribution in [2.24, 2.45) is 5.73 Å². The summed E-state index contributed by atoms with van der Waals surface area (Å²) in [6, 6.07) is -0.0949. The highest BCUT2D eigenvalue weighted by Crippen LogP contribution is 1.93. The molecule has 0 aliphatic heterocycles. The molecule has 5 N–H and O–H groups in total. The fourth-order valence-electron chi connectivity index (χ4n) is 0.371. The summed E-state index contributed by atoms with van der Waals surface area (Å²) in [6.45, 7) is 0. The van der Waals surface area contributed by atoms with Gasteiger partial charge in [-0.25, -0.2) is 9.78 Å². The molecule has 0 radical (unpaired) electrons. The van der Waals surface area contributed by atoms with Gasteiger partial charge in [-0.2, -0.15) is 9.97 Å². The number of hydrogen-bond donors (Lipinski definition) is 2. The highest BCUT2D eigenvalue weighted by atomic mass is 16.6. The minimum Gasteiger partial charge on any atom is -0.374 e.